The van der Waals surface area contributed by atoms with Crippen LogP contribution in [0, 0.1) is 0 Å². The molecule has 18 heavy (non-hydrogen) atoms. The van der Waals surface area contributed by atoms with Gasteiger partial charge in [0.15, 0.2) is 0 Å². The van der Waals surface area contributed by atoms with Gasteiger partial charge < -0.3 is 15.2 Å². The van der Waals surface area contributed by atoms with Crippen LogP contribution < -0.4 is 10.1 Å². The Hall–Kier alpha value is -2.04. The summed E-state index contributed by atoms with van der Waals surface area (Å²) in [6, 6.07) is 7.26. The number of rotatable bonds is 7. The van der Waals surface area contributed by atoms with Gasteiger partial charge in [0.25, 0.3) is 0 Å². The van der Waals surface area contributed by atoms with Gasteiger partial charge in [0, 0.05) is 6.54 Å². The first-order valence-electron chi connectivity index (χ1n) is 5.82. The summed E-state index contributed by atoms with van der Waals surface area (Å²) >= 11 is 0. The van der Waals surface area contributed by atoms with E-state index in [0.717, 1.165) is 11.3 Å². The number of amides is 1. The molecule has 1 rings (SSSR count). The first-order valence-corrected chi connectivity index (χ1v) is 5.82. The molecule has 0 aromatic heterocycles. The van der Waals surface area contributed by atoms with Crippen LogP contribution in [0.3, 0.4) is 0 Å². The Bertz CT molecular complexity index is 400. The van der Waals surface area contributed by atoms with Gasteiger partial charge >= 0.3 is 5.97 Å². The van der Waals surface area contributed by atoms with Crippen molar-refractivity contribution in [2.24, 2.45) is 0 Å². The highest BCUT2D eigenvalue weighted by atomic mass is 16.5. The third kappa shape index (κ3) is 5.34. The summed E-state index contributed by atoms with van der Waals surface area (Å²) in [6.07, 6.45) is 0.182. The molecule has 0 fully saturated rings. The maximum Gasteiger partial charge on any atom is 0.305 e. The summed E-state index contributed by atoms with van der Waals surface area (Å²) in [7, 11) is 0. The summed E-state index contributed by atoms with van der Waals surface area (Å²) in [5, 5.41) is 11.0. The number of aliphatic carboxylic acids is 1. The predicted octanol–water partition coefficient (Wildman–Crippen LogP) is 1.22. The summed E-state index contributed by atoms with van der Waals surface area (Å²) in [4.78, 5) is 21.7. The minimum Gasteiger partial charge on any atom is -0.494 e. The molecule has 0 saturated carbocycles. The van der Waals surface area contributed by atoms with E-state index in [1.807, 2.05) is 31.2 Å². The molecule has 5 nitrogen and oxygen atoms in total. The van der Waals surface area contributed by atoms with Gasteiger partial charge in [0.05, 0.1) is 19.4 Å². The summed E-state index contributed by atoms with van der Waals surface area (Å²) in [6.45, 7) is 2.67. The predicted molar refractivity (Wildman–Crippen MR) is 66.6 cm³/mol. The van der Waals surface area contributed by atoms with Gasteiger partial charge in [-0.15, -0.1) is 0 Å². The molecule has 0 saturated heterocycles. The van der Waals surface area contributed by atoms with Crippen molar-refractivity contribution < 1.29 is 19.4 Å². The summed E-state index contributed by atoms with van der Waals surface area (Å²) in [5.74, 6) is -0.329. The number of nitrogens with one attached hydrogen (secondary N) is 1. The number of hydrogen-bond acceptors (Lipinski definition) is 3. The molecule has 0 atom stereocenters. The van der Waals surface area contributed by atoms with E-state index in [9.17, 15) is 9.59 Å². The van der Waals surface area contributed by atoms with Crippen molar-refractivity contribution >= 4 is 11.9 Å². The molecule has 0 bridgehead atoms. The van der Waals surface area contributed by atoms with E-state index in [0.29, 0.717) is 6.61 Å². The SMILES string of the molecule is CCOc1ccc(CC(=O)NCCC(=O)O)cc1. The smallest absolute Gasteiger partial charge is 0.305 e. The molecule has 0 aliphatic heterocycles. The van der Waals surface area contributed by atoms with Crippen molar-refractivity contribution in [3.05, 3.63) is 29.8 Å². The molecule has 0 aliphatic carbocycles. The van der Waals surface area contributed by atoms with Crippen molar-refractivity contribution in [2.45, 2.75) is 19.8 Å². The first-order chi connectivity index (χ1) is 8.61. The monoisotopic (exact) mass is 251 g/mol. The van der Waals surface area contributed by atoms with Crippen LogP contribution >= 0.6 is 0 Å². The average molecular weight is 251 g/mol. The number of carbonyl (C=O) groups excluding carboxylic acids is 1. The molecule has 0 spiro atoms. The third-order valence-corrected chi connectivity index (χ3v) is 2.26. The van der Waals surface area contributed by atoms with Crippen LogP contribution in [0.25, 0.3) is 0 Å². The zero-order valence-electron chi connectivity index (χ0n) is 10.3. The van der Waals surface area contributed by atoms with E-state index in [1.165, 1.54) is 0 Å². The minimum absolute atomic E-state index is 0.0605. The molecule has 0 radical (unpaired) electrons. The Morgan fingerprint density at radius 3 is 2.50 bits per heavy atom. The number of carbonyl (C=O) groups is 2. The van der Waals surface area contributed by atoms with E-state index in [1.54, 1.807) is 0 Å². The Labute approximate surface area is 106 Å². The van der Waals surface area contributed by atoms with Crippen LogP contribution in [-0.2, 0) is 16.0 Å². The molecule has 0 aliphatic rings. The number of hydrogen-bond donors (Lipinski definition) is 2. The van der Waals surface area contributed by atoms with Crippen LogP contribution in [0.2, 0.25) is 0 Å². The van der Waals surface area contributed by atoms with Crippen LogP contribution in [0.5, 0.6) is 5.75 Å². The van der Waals surface area contributed by atoms with E-state index < -0.39 is 5.97 Å². The Balaban J connectivity index is 2.37. The van der Waals surface area contributed by atoms with Gasteiger partial charge in [-0.3, -0.25) is 9.59 Å². The number of ether oxygens (including phenoxy) is 1. The lowest BCUT2D eigenvalue weighted by atomic mass is 10.1. The van der Waals surface area contributed by atoms with Gasteiger partial charge in [0.2, 0.25) is 5.91 Å². The highest BCUT2D eigenvalue weighted by Gasteiger charge is 2.04. The van der Waals surface area contributed by atoms with E-state index in [4.69, 9.17) is 9.84 Å². The maximum atomic E-state index is 11.5. The molecular formula is C13H17NO4. The lowest BCUT2D eigenvalue weighted by Gasteiger charge is -2.05. The second-order valence-electron chi connectivity index (χ2n) is 3.75. The highest BCUT2D eigenvalue weighted by Crippen LogP contribution is 2.12. The Morgan fingerprint density at radius 2 is 1.94 bits per heavy atom. The van der Waals surface area contributed by atoms with Crippen molar-refractivity contribution in [3.8, 4) is 5.75 Å². The van der Waals surface area contributed by atoms with Crippen LogP contribution in [0.4, 0.5) is 0 Å². The Morgan fingerprint density at radius 1 is 1.28 bits per heavy atom. The Kier molecular flexibility index (Phi) is 5.70. The number of benzene rings is 1. The highest BCUT2D eigenvalue weighted by molar-refractivity contribution is 5.79. The molecule has 1 amide bonds. The largest absolute Gasteiger partial charge is 0.494 e. The van der Waals surface area contributed by atoms with Crippen molar-refractivity contribution in [3.63, 3.8) is 0 Å². The van der Waals surface area contributed by atoms with Crippen molar-refractivity contribution in [2.75, 3.05) is 13.2 Å². The standard InChI is InChI=1S/C13H17NO4/c1-2-18-11-5-3-10(4-6-11)9-12(15)14-8-7-13(16)17/h3-6H,2,7-9H2,1H3,(H,14,15)(H,16,17). The molecule has 5 heteroatoms. The third-order valence-electron chi connectivity index (χ3n) is 2.26. The lowest BCUT2D eigenvalue weighted by Crippen LogP contribution is -2.27. The minimum atomic E-state index is -0.920. The molecule has 98 valence electrons. The summed E-state index contributed by atoms with van der Waals surface area (Å²) in [5.41, 5.74) is 0.867. The fourth-order valence-electron chi connectivity index (χ4n) is 1.43. The topological polar surface area (TPSA) is 75.6 Å². The molecule has 1 aromatic rings. The van der Waals surface area contributed by atoms with Gasteiger partial charge in [-0.1, -0.05) is 12.1 Å². The second kappa shape index (κ2) is 7.32. The van der Waals surface area contributed by atoms with E-state index in [-0.39, 0.29) is 25.3 Å². The summed E-state index contributed by atoms with van der Waals surface area (Å²) < 4.78 is 5.29. The fourth-order valence-corrected chi connectivity index (χ4v) is 1.43. The molecule has 2 N–H and O–H groups in total. The molecule has 0 heterocycles. The molecule has 0 unspecified atom stereocenters. The van der Waals surface area contributed by atoms with E-state index in [2.05, 4.69) is 5.32 Å². The molecular weight excluding hydrogens is 234 g/mol. The van der Waals surface area contributed by atoms with Gasteiger partial charge in [-0.05, 0) is 24.6 Å². The quantitative estimate of drug-likeness (QED) is 0.764. The second-order valence-corrected chi connectivity index (χ2v) is 3.75. The average Bonchev–Trinajstić information content (AvgIpc) is 2.31. The van der Waals surface area contributed by atoms with Crippen LogP contribution in [0.1, 0.15) is 18.9 Å². The number of carboxylic acid groups (broad SMARTS) is 1. The van der Waals surface area contributed by atoms with Gasteiger partial charge in [-0.2, -0.15) is 0 Å². The normalized spacial score (nSPS) is 9.83. The maximum absolute atomic E-state index is 11.5. The van der Waals surface area contributed by atoms with Crippen molar-refractivity contribution in [1.29, 1.82) is 0 Å². The van der Waals surface area contributed by atoms with E-state index >= 15 is 0 Å². The van der Waals surface area contributed by atoms with Crippen LogP contribution in [0.15, 0.2) is 24.3 Å². The van der Waals surface area contributed by atoms with Gasteiger partial charge in [0.1, 0.15) is 5.75 Å². The van der Waals surface area contributed by atoms with Crippen LogP contribution in [-0.4, -0.2) is 30.1 Å². The zero-order valence-corrected chi connectivity index (χ0v) is 10.3. The first kappa shape index (κ1) is 14.0. The fraction of sp³-hybridized carbons (Fsp3) is 0.385. The zero-order chi connectivity index (χ0) is 13.4. The number of carboxylic acids is 1. The van der Waals surface area contributed by atoms with Gasteiger partial charge in [-0.25, -0.2) is 0 Å². The van der Waals surface area contributed by atoms with Crippen molar-refractivity contribution in [1.82, 2.24) is 5.32 Å². The lowest BCUT2D eigenvalue weighted by molar-refractivity contribution is -0.136. The molecule has 1 aromatic carbocycles.